The van der Waals surface area contributed by atoms with Gasteiger partial charge in [-0.2, -0.15) is 0 Å². The molecule has 1 aromatic heterocycles. The Morgan fingerprint density at radius 1 is 1.26 bits per heavy atom. The van der Waals surface area contributed by atoms with Gasteiger partial charge in [-0.3, -0.25) is 9.78 Å². The zero-order chi connectivity index (χ0) is 17.0. The topological polar surface area (TPSA) is 77.5 Å². The van der Waals surface area contributed by atoms with Gasteiger partial charge in [-0.15, -0.1) is 0 Å². The van der Waals surface area contributed by atoms with Crippen LogP contribution in [-0.2, 0) is 14.3 Å². The second-order valence-electron chi connectivity index (χ2n) is 5.44. The van der Waals surface area contributed by atoms with Gasteiger partial charge in [-0.25, -0.2) is 4.79 Å². The van der Waals surface area contributed by atoms with E-state index in [0.29, 0.717) is 22.2 Å². The van der Waals surface area contributed by atoms with Gasteiger partial charge in [0.25, 0.3) is 0 Å². The maximum absolute atomic E-state index is 12.0. The quantitative estimate of drug-likeness (QED) is 0.858. The predicted molar refractivity (Wildman–Crippen MR) is 87.5 cm³/mol. The number of rotatable bonds is 5. The highest BCUT2D eigenvalue weighted by atomic mass is 16.5. The molecule has 1 amide bonds. The first-order valence-corrected chi connectivity index (χ1v) is 7.32. The maximum Gasteiger partial charge on any atom is 0.337 e. The van der Waals surface area contributed by atoms with E-state index in [1.807, 2.05) is 20.8 Å². The lowest BCUT2D eigenvalue weighted by atomic mass is 10.1. The van der Waals surface area contributed by atoms with E-state index in [4.69, 9.17) is 9.47 Å². The number of ether oxygens (including phenoxy) is 2. The van der Waals surface area contributed by atoms with Crippen LogP contribution in [-0.4, -0.2) is 36.7 Å². The zero-order valence-electron chi connectivity index (χ0n) is 13.7. The molecule has 0 bridgehead atoms. The van der Waals surface area contributed by atoms with E-state index in [2.05, 4.69) is 10.3 Å². The number of hydrogen-bond acceptors (Lipinski definition) is 5. The summed E-state index contributed by atoms with van der Waals surface area (Å²) in [6, 6.07) is 6.80. The minimum Gasteiger partial charge on any atom is -0.465 e. The summed E-state index contributed by atoms with van der Waals surface area (Å²) in [5.74, 6) is -0.693. The number of fused-ring (bicyclic) bond motifs is 1. The number of methoxy groups -OCH3 is 1. The molecule has 23 heavy (non-hydrogen) atoms. The first kappa shape index (κ1) is 16.9. The molecule has 6 heteroatoms. The first-order valence-electron chi connectivity index (χ1n) is 7.32. The van der Waals surface area contributed by atoms with Gasteiger partial charge in [0.2, 0.25) is 5.91 Å². The number of amides is 1. The lowest BCUT2D eigenvalue weighted by molar-refractivity contribution is -0.121. The highest BCUT2D eigenvalue weighted by Gasteiger charge is 2.12. The van der Waals surface area contributed by atoms with E-state index in [1.165, 1.54) is 7.11 Å². The van der Waals surface area contributed by atoms with Gasteiger partial charge >= 0.3 is 5.97 Å². The van der Waals surface area contributed by atoms with Crippen molar-refractivity contribution in [3.63, 3.8) is 0 Å². The third-order valence-corrected chi connectivity index (χ3v) is 3.18. The average Bonchev–Trinajstić information content (AvgIpc) is 2.51. The van der Waals surface area contributed by atoms with Crippen LogP contribution in [0.15, 0.2) is 24.3 Å². The van der Waals surface area contributed by atoms with Crippen LogP contribution >= 0.6 is 0 Å². The number of pyridine rings is 1. The van der Waals surface area contributed by atoms with Crippen LogP contribution in [0.1, 0.15) is 29.9 Å². The highest BCUT2D eigenvalue weighted by molar-refractivity contribution is 6.04. The number of aromatic nitrogens is 1. The summed E-state index contributed by atoms with van der Waals surface area (Å²) in [5, 5.41) is 3.49. The third-order valence-electron chi connectivity index (χ3n) is 3.18. The average molecular weight is 316 g/mol. The van der Waals surface area contributed by atoms with Crippen LogP contribution in [0, 0.1) is 6.92 Å². The van der Waals surface area contributed by atoms with E-state index in [9.17, 15) is 9.59 Å². The minimum atomic E-state index is -0.437. The molecule has 0 saturated heterocycles. The van der Waals surface area contributed by atoms with Crippen molar-refractivity contribution in [3.8, 4) is 0 Å². The first-order chi connectivity index (χ1) is 10.9. The van der Waals surface area contributed by atoms with E-state index in [0.717, 1.165) is 5.69 Å². The largest absolute Gasteiger partial charge is 0.465 e. The van der Waals surface area contributed by atoms with Crippen molar-refractivity contribution in [3.05, 3.63) is 35.5 Å². The standard InChI is InChI=1S/C17H20N2O4/c1-10(2)23-9-16(20)19-15-7-11(3)18-14-6-5-12(8-13(14)15)17(21)22-4/h5-8,10H,9H2,1-4H3,(H,18,19,20). The fourth-order valence-corrected chi connectivity index (χ4v) is 2.14. The van der Waals surface area contributed by atoms with Gasteiger partial charge in [0.05, 0.1) is 30.0 Å². The molecule has 0 atom stereocenters. The number of benzene rings is 1. The molecular formula is C17H20N2O4. The summed E-state index contributed by atoms with van der Waals surface area (Å²) in [6.45, 7) is 5.54. The Morgan fingerprint density at radius 3 is 2.65 bits per heavy atom. The van der Waals surface area contributed by atoms with Crippen molar-refractivity contribution in [2.24, 2.45) is 0 Å². The lowest BCUT2D eigenvalue weighted by Crippen LogP contribution is -2.21. The van der Waals surface area contributed by atoms with Gasteiger partial charge in [0, 0.05) is 11.1 Å². The number of nitrogens with one attached hydrogen (secondary N) is 1. The summed E-state index contributed by atoms with van der Waals surface area (Å²) in [6.07, 6.45) is -0.0254. The van der Waals surface area contributed by atoms with Gasteiger partial charge in [-0.1, -0.05) is 0 Å². The maximum atomic E-state index is 12.0. The molecule has 0 aliphatic heterocycles. The third kappa shape index (κ3) is 4.26. The molecule has 2 rings (SSSR count). The van der Waals surface area contributed by atoms with E-state index < -0.39 is 5.97 Å². The zero-order valence-corrected chi connectivity index (χ0v) is 13.7. The molecule has 1 N–H and O–H groups in total. The fraction of sp³-hybridized carbons (Fsp3) is 0.353. The molecule has 0 unspecified atom stereocenters. The van der Waals surface area contributed by atoms with E-state index in [-0.39, 0.29) is 18.6 Å². The summed E-state index contributed by atoms with van der Waals surface area (Å²) < 4.78 is 10.0. The van der Waals surface area contributed by atoms with Gasteiger partial charge < -0.3 is 14.8 Å². The Labute approximate surface area is 134 Å². The molecule has 0 saturated carbocycles. The highest BCUT2D eigenvalue weighted by Crippen LogP contribution is 2.25. The van der Waals surface area contributed by atoms with Crippen LogP contribution in [0.25, 0.3) is 10.9 Å². The van der Waals surface area contributed by atoms with Gasteiger partial charge in [0.15, 0.2) is 0 Å². The van der Waals surface area contributed by atoms with Gasteiger partial charge in [0.1, 0.15) is 6.61 Å². The molecule has 0 aliphatic carbocycles. The molecular weight excluding hydrogens is 296 g/mol. The number of esters is 1. The van der Waals surface area contributed by atoms with Crippen LogP contribution in [0.2, 0.25) is 0 Å². The Bertz CT molecular complexity index is 741. The van der Waals surface area contributed by atoms with Crippen molar-refractivity contribution >= 4 is 28.5 Å². The van der Waals surface area contributed by atoms with Crippen molar-refractivity contribution in [2.45, 2.75) is 26.9 Å². The molecule has 6 nitrogen and oxygen atoms in total. The molecule has 0 radical (unpaired) electrons. The number of carbonyl (C=O) groups is 2. The Kier molecular flexibility index (Phi) is 5.28. The summed E-state index contributed by atoms with van der Waals surface area (Å²) in [7, 11) is 1.33. The van der Waals surface area contributed by atoms with Crippen molar-refractivity contribution in [1.29, 1.82) is 0 Å². The molecule has 0 spiro atoms. The Hall–Kier alpha value is -2.47. The molecule has 2 aromatic rings. The van der Waals surface area contributed by atoms with Crippen molar-refractivity contribution in [2.75, 3.05) is 19.0 Å². The monoisotopic (exact) mass is 316 g/mol. The number of anilines is 1. The molecule has 0 fully saturated rings. The predicted octanol–water partition coefficient (Wildman–Crippen LogP) is 2.69. The fourth-order valence-electron chi connectivity index (χ4n) is 2.14. The molecule has 1 aromatic carbocycles. The lowest BCUT2D eigenvalue weighted by Gasteiger charge is -2.12. The van der Waals surface area contributed by atoms with Crippen molar-refractivity contribution < 1.29 is 19.1 Å². The Morgan fingerprint density at radius 2 is 2.00 bits per heavy atom. The molecule has 0 aliphatic rings. The van der Waals surface area contributed by atoms with Crippen LogP contribution < -0.4 is 5.32 Å². The smallest absolute Gasteiger partial charge is 0.337 e. The second-order valence-corrected chi connectivity index (χ2v) is 5.44. The minimum absolute atomic E-state index is 0.0254. The van der Waals surface area contributed by atoms with Crippen molar-refractivity contribution in [1.82, 2.24) is 4.98 Å². The summed E-state index contributed by atoms with van der Waals surface area (Å²) in [5.41, 5.74) is 2.45. The van der Waals surface area contributed by atoms with E-state index in [1.54, 1.807) is 24.3 Å². The molecule has 122 valence electrons. The number of aryl methyl sites for hydroxylation is 1. The SMILES string of the molecule is COC(=O)c1ccc2nc(C)cc(NC(=O)COC(C)C)c2c1. The van der Waals surface area contributed by atoms with E-state index >= 15 is 0 Å². The normalized spacial score (nSPS) is 10.8. The Balaban J connectivity index is 2.36. The summed E-state index contributed by atoms with van der Waals surface area (Å²) >= 11 is 0. The number of carbonyl (C=O) groups excluding carboxylic acids is 2. The van der Waals surface area contributed by atoms with Gasteiger partial charge in [-0.05, 0) is 45.0 Å². The molecule has 1 heterocycles. The second kappa shape index (κ2) is 7.19. The van der Waals surface area contributed by atoms with Crippen LogP contribution in [0.4, 0.5) is 5.69 Å². The van der Waals surface area contributed by atoms with Crippen LogP contribution in [0.3, 0.4) is 0 Å². The van der Waals surface area contributed by atoms with Crippen LogP contribution in [0.5, 0.6) is 0 Å². The number of nitrogens with zero attached hydrogens (tertiary/aromatic N) is 1. The summed E-state index contributed by atoms with van der Waals surface area (Å²) in [4.78, 5) is 28.1. The number of hydrogen-bond donors (Lipinski definition) is 1.